The zero-order valence-electron chi connectivity index (χ0n) is 13.5. The van der Waals surface area contributed by atoms with Crippen molar-refractivity contribution in [3.63, 3.8) is 0 Å². The number of rotatable bonds is 9. The molecule has 1 aromatic carbocycles. The van der Waals surface area contributed by atoms with Crippen molar-refractivity contribution < 1.29 is 9.59 Å². The molecule has 0 aliphatic rings. The highest BCUT2D eigenvalue weighted by Gasteiger charge is 2.16. The first-order valence-electron chi connectivity index (χ1n) is 7.65. The summed E-state index contributed by atoms with van der Waals surface area (Å²) in [6.07, 6.45) is 1.96. The van der Waals surface area contributed by atoms with E-state index in [0.29, 0.717) is 28.7 Å². The van der Waals surface area contributed by atoms with E-state index in [0.717, 1.165) is 19.4 Å². The fraction of sp³-hybridized carbons (Fsp3) is 0.500. The molecule has 0 saturated carbocycles. The van der Waals surface area contributed by atoms with Crippen LogP contribution in [0.4, 0.5) is 5.69 Å². The Morgan fingerprint density at radius 3 is 2.65 bits per heavy atom. The molecule has 0 unspecified atom stereocenters. The molecule has 0 spiro atoms. The van der Waals surface area contributed by atoms with Gasteiger partial charge in [-0.05, 0) is 44.6 Å². The summed E-state index contributed by atoms with van der Waals surface area (Å²) in [5.41, 5.74) is 0.447. The lowest BCUT2D eigenvalue weighted by Crippen LogP contribution is -2.38. The normalized spacial score (nSPS) is 10.4. The highest BCUT2D eigenvalue weighted by molar-refractivity contribution is 6.35. The Kier molecular flexibility index (Phi) is 8.99. The number of nitrogens with zero attached hydrogens (tertiary/aromatic N) is 1. The number of carbonyl (C=O) groups is 2. The zero-order valence-corrected chi connectivity index (χ0v) is 15.0. The van der Waals surface area contributed by atoms with E-state index in [2.05, 4.69) is 10.6 Å². The molecule has 0 atom stereocenters. The van der Waals surface area contributed by atoms with E-state index in [1.54, 1.807) is 23.1 Å². The molecule has 2 N–H and O–H groups in total. The molecule has 0 aliphatic carbocycles. The Morgan fingerprint density at radius 1 is 1.26 bits per heavy atom. The maximum Gasteiger partial charge on any atom is 0.244 e. The van der Waals surface area contributed by atoms with Crippen molar-refractivity contribution in [2.45, 2.75) is 26.2 Å². The number of hydrogen-bond acceptors (Lipinski definition) is 3. The minimum absolute atomic E-state index is 0.00900. The van der Waals surface area contributed by atoms with Crippen molar-refractivity contribution in [1.82, 2.24) is 10.2 Å². The van der Waals surface area contributed by atoms with Gasteiger partial charge in [0.2, 0.25) is 11.8 Å². The second-order valence-electron chi connectivity index (χ2n) is 5.19. The largest absolute Gasteiger partial charge is 0.333 e. The van der Waals surface area contributed by atoms with Crippen LogP contribution in [0.25, 0.3) is 0 Å². The van der Waals surface area contributed by atoms with E-state index in [1.165, 1.54) is 0 Å². The number of hydrogen-bond donors (Lipinski definition) is 2. The van der Waals surface area contributed by atoms with Gasteiger partial charge in [-0.25, -0.2) is 0 Å². The molecule has 0 fully saturated rings. The standard InChI is InChI=1S/C16H23Cl2N3O2/c1-3-9-21(16(23)5-4-8-19-2)11-15(22)20-14-10-12(17)6-7-13(14)18/h6-7,10,19H,3-5,8-9,11H2,1-2H3,(H,20,22). The van der Waals surface area contributed by atoms with E-state index >= 15 is 0 Å². The molecule has 128 valence electrons. The average Bonchev–Trinajstić information content (AvgIpc) is 2.50. The van der Waals surface area contributed by atoms with Crippen LogP contribution in [0.15, 0.2) is 18.2 Å². The Hall–Kier alpha value is -1.30. The summed E-state index contributed by atoms with van der Waals surface area (Å²) in [6, 6.07) is 4.85. The summed E-state index contributed by atoms with van der Waals surface area (Å²) in [5, 5.41) is 6.59. The van der Waals surface area contributed by atoms with Gasteiger partial charge in [-0.3, -0.25) is 9.59 Å². The Bertz CT molecular complexity index is 538. The second kappa shape index (κ2) is 10.5. The number of benzene rings is 1. The molecule has 0 heterocycles. The molecule has 0 aromatic heterocycles. The van der Waals surface area contributed by atoms with Crippen molar-refractivity contribution in [3.05, 3.63) is 28.2 Å². The van der Waals surface area contributed by atoms with Crippen LogP contribution in [0.5, 0.6) is 0 Å². The minimum atomic E-state index is -0.287. The van der Waals surface area contributed by atoms with Gasteiger partial charge in [0.05, 0.1) is 17.3 Å². The maximum absolute atomic E-state index is 12.2. The first-order valence-corrected chi connectivity index (χ1v) is 8.40. The van der Waals surface area contributed by atoms with Gasteiger partial charge in [-0.15, -0.1) is 0 Å². The van der Waals surface area contributed by atoms with Gasteiger partial charge in [0.25, 0.3) is 0 Å². The van der Waals surface area contributed by atoms with Gasteiger partial charge in [0, 0.05) is 18.0 Å². The summed E-state index contributed by atoms with van der Waals surface area (Å²) in [6.45, 7) is 3.31. The lowest BCUT2D eigenvalue weighted by molar-refractivity contribution is -0.134. The third kappa shape index (κ3) is 7.20. The molecule has 0 bridgehead atoms. The summed E-state index contributed by atoms with van der Waals surface area (Å²) < 4.78 is 0. The van der Waals surface area contributed by atoms with Crippen molar-refractivity contribution in [3.8, 4) is 0 Å². The van der Waals surface area contributed by atoms with Crippen LogP contribution in [0.1, 0.15) is 26.2 Å². The van der Waals surface area contributed by atoms with Crippen molar-refractivity contribution >= 4 is 40.7 Å². The Balaban J connectivity index is 2.62. The first kappa shape index (κ1) is 19.7. The number of nitrogens with one attached hydrogen (secondary N) is 2. The lowest BCUT2D eigenvalue weighted by Gasteiger charge is -2.22. The van der Waals surface area contributed by atoms with Crippen molar-refractivity contribution in [1.29, 1.82) is 0 Å². The maximum atomic E-state index is 12.2. The fourth-order valence-corrected chi connectivity index (χ4v) is 2.43. The molecule has 0 radical (unpaired) electrons. The monoisotopic (exact) mass is 359 g/mol. The molecule has 2 amide bonds. The van der Waals surface area contributed by atoms with E-state index in [9.17, 15) is 9.59 Å². The van der Waals surface area contributed by atoms with E-state index < -0.39 is 0 Å². The number of anilines is 1. The van der Waals surface area contributed by atoms with Crippen LogP contribution in [0, 0.1) is 0 Å². The van der Waals surface area contributed by atoms with Crippen LogP contribution >= 0.6 is 23.2 Å². The summed E-state index contributed by atoms with van der Waals surface area (Å²) in [5.74, 6) is -0.306. The summed E-state index contributed by atoms with van der Waals surface area (Å²) in [7, 11) is 1.84. The van der Waals surface area contributed by atoms with E-state index in [-0.39, 0.29) is 18.4 Å². The Morgan fingerprint density at radius 2 is 2.00 bits per heavy atom. The smallest absolute Gasteiger partial charge is 0.244 e. The molecule has 0 saturated heterocycles. The quantitative estimate of drug-likeness (QED) is 0.665. The number of carbonyl (C=O) groups excluding carboxylic acids is 2. The molecule has 1 aromatic rings. The number of halogens is 2. The SMILES string of the molecule is CCCN(CC(=O)Nc1cc(Cl)ccc1Cl)C(=O)CCCNC. The van der Waals surface area contributed by atoms with E-state index in [1.807, 2.05) is 14.0 Å². The predicted octanol–water partition coefficient (Wildman–Crippen LogP) is 3.17. The van der Waals surface area contributed by atoms with Gasteiger partial charge < -0.3 is 15.5 Å². The highest BCUT2D eigenvalue weighted by atomic mass is 35.5. The molecule has 0 aliphatic heterocycles. The molecule has 5 nitrogen and oxygen atoms in total. The summed E-state index contributed by atoms with van der Waals surface area (Å²) in [4.78, 5) is 25.9. The van der Waals surface area contributed by atoms with Crippen LogP contribution in [-0.4, -0.2) is 43.4 Å². The molecule has 1 rings (SSSR count). The Labute approximate surface area is 147 Å². The number of amides is 2. The first-order chi connectivity index (χ1) is 11.0. The zero-order chi connectivity index (χ0) is 17.2. The minimum Gasteiger partial charge on any atom is -0.333 e. The highest BCUT2D eigenvalue weighted by Crippen LogP contribution is 2.25. The third-order valence-corrected chi connectivity index (χ3v) is 3.77. The predicted molar refractivity (Wildman–Crippen MR) is 95.1 cm³/mol. The summed E-state index contributed by atoms with van der Waals surface area (Å²) >= 11 is 11.9. The third-order valence-electron chi connectivity index (χ3n) is 3.20. The second-order valence-corrected chi connectivity index (χ2v) is 6.04. The van der Waals surface area contributed by atoms with Gasteiger partial charge in [0.15, 0.2) is 0 Å². The molecular formula is C16H23Cl2N3O2. The van der Waals surface area contributed by atoms with Gasteiger partial charge in [-0.2, -0.15) is 0 Å². The van der Waals surface area contributed by atoms with Crippen LogP contribution in [0.2, 0.25) is 10.0 Å². The van der Waals surface area contributed by atoms with Crippen LogP contribution in [-0.2, 0) is 9.59 Å². The van der Waals surface area contributed by atoms with E-state index in [4.69, 9.17) is 23.2 Å². The molecule has 23 heavy (non-hydrogen) atoms. The fourth-order valence-electron chi connectivity index (χ4n) is 2.09. The molecular weight excluding hydrogens is 337 g/mol. The van der Waals surface area contributed by atoms with Crippen molar-refractivity contribution in [2.75, 3.05) is 32.0 Å². The van der Waals surface area contributed by atoms with Gasteiger partial charge >= 0.3 is 0 Å². The molecule has 7 heteroatoms. The topological polar surface area (TPSA) is 61.4 Å². The average molecular weight is 360 g/mol. The van der Waals surface area contributed by atoms with Crippen molar-refractivity contribution in [2.24, 2.45) is 0 Å². The lowest BCUT2D eigenvalue weighted by atomic mass is 10.2. The van der Waals surface area contributed by atoms with Gasteiger partial charge in [-0.1, -0.05) is 30.1 Å². The van der Waals surface area contributed by atoms with Gasteiger partial charge in [0.1, 0.15) is 0 Å². The van der Waals surface area contributed by atoms with Crippen LogP contribution in [0.3, 0.4) is 0 Å². The van der Waals surface area contributed by atoms with Crippen LogP contribution < -0.4 is 10.6 Å².